The third-order valence-corrected chi connectivity index (χ3v) is 5.15. The second kappa shape index (κ2) is 6.03. The van der Waals surface area contributed by atoms with E-state index in [0.717, 1.165) is 17.6 Å². The van der Waals surface area contributed by atoms with Crippen LogP contribution in [0.1, 0.15) is 25.3 Å². The van der Waals surface area contributed by atoms with Crippen molar-refractivity contribution in [1.82, 2.24) is 0 Å². The number of allylic oxidation sites excluding steroid dienone is 1. The van der Waals surface area contributed by atoms with Gasteiger partial charge in [-0.25, -0.2) is 0 Å². The molecule has 0 unspecified atom stereocenters. The average molecular weight is 336 g/mol. The summed E-state index contributed by atoms with van der Waals surface area (Å²) in [7, 11) is 0. The van der Waals surface area contributed by atoms with E-state index in [-0.39, 0.29) is 0 Å². The first-order valence-corrected chi connectivity index (χ1v) is 9.28. The summed E-state index contributed by atoms with van der Waals surface area (Å²) >= 11 is 0. The maximum absolute atomic E-state index is 6.33. The predicted octanol–water partition coefficient (Wildman–Crippen LogP) is 7.71. The van der Waals surface area contributed by atoms with Crippen LogP contribution in [0.15, 0.2) is 77.2 Å². The molecule has 0 aliphatic heterocycles. The highest BCUT2D eigenvalue weighted by Gasteiger charge is 2.11. The average Bonchev–Trinajstić information content (AvgIpc) is 3.06. The normalized spacial score (nSPS) is 12.2. The van der Waals surface area contributed by atoms with Gasteiger partial charge < -0.3 is 4.42 Å². The molecule has 0 saturated carbocycles. The first-order valence-electron chi connectivity index (χ1n) is 9.28. The molecule has 1 nitrogen and oxygen atoms in total. The van der Waals surface area contributed by atoms with Crippen LogP contribution in [0.25, 0.3) is 49.6 Å². The number of unbranched alkanes of at least 4 members (excludes halogenated alkanes) is 1. The lowest BCUT2D eigenvalue weighted by atomic mass is 10.00. The minimum absolute atomic E-state index is 0.958. The van der Waals surface area contributed by atoms with Gasteiger partial charge in [0.25, 0.3) is 0 Å². The molecule has 5 aromatic rings. The van der Waals surface area contributed by atoms with Crippen molar-refractivity contribution in [3.63, 3.8) is 0 Å². The summed E-state index contributed by atoms with van der Waals surface area (Å²) in [6, 6.07) is 23.8. The molecule has 0 amide bonds. The molecule has 0 N–H and O–H groups in total. The molecule has 0 radical (unpaired) electrons. The zero-order valence-corrected chi connectivity index (χ0v) is 14.8. The minimum Gasteiger partial charge on any atom is -0.455 e. The topological polar surface area (TPSA) is 13.1 Å². The van der Waals surface area contributed by atoms with Crippen LogP contribution < -0.4 is 0 Å². The van der Waals surface area contributed by atoms with Crippen molar-refractivity contribution >= 4 is 49.6 Å². The Balaban J connectivity index is 1.78. The Morgan fingerprint density at radius 1 is 0.769 bits per heavy atom. The standard InChI is InChI=1S/C25H20O/c1-2-3-4-7-17-10-12-21-23-15-14-20-19-9-6-5-8-18(19)11-13-22(20)25(23)26-24(21)16-17/h4-16H,2-3H2,1H3/b7-4+. The van der Waals surface area contributed by atoms with E-state index < -0.39 is 0 Å². The molecule has 1 heterocycles. The van der Waals surface area contributed by atoms with Crippen molar-refractivity contribution in [3.8, 4) is 0 Å². The molecule has 0 fully saturated rings. The van der Waals surface area contributed by atoms with Crippen LogP contribution in [0.5, 0.6) is 0 Å². The molecule has 26 heavy (non-hydrogen) atoms. The van der Waals surface area contributed by atoms with Crippen LogP contribution in [-0.2, 0) is 0 Å². The van der Waals surface area contributed by atoms with Gasteiger partial charge in [0.2, 0.25) is 0 Å². The summed E-state index contributed by atoms with van der Waals surface area (Å²) in [5, 5.41) is 7.34. The molecule has 1 heteroatoms. The Labute approximate surface area is 152 Å². The van der Waals surface area contributed by atoms with E-state index in [1.54, 1.807) is 0 Å². The molecular weight excluding hydrogens is 316 g/mol. The van der Waals surface area contributed by atoms with E-state index in [2.05, 4.69) is 85.8 Å². The van der Waals surface area contributed by atoms with Gasteiger partial charge in [-0.05, 0) is 52.4 Å². The second-order valence-electron chi connectivity index (χ2n) is 6.87. The van der Waals surface area contributed by atoms with E-state index in [1.807, 2.05) is 0 Å². The van der Waals surface area contributed by atoms with Gasteiger partial charge in [-0.1, -0.05) is 68.0 Å². The van der Waals surface area contributed by atoms with Gasteiger partial charge in [0, 0.05) is 16.2 Å². The smallest absolute Gasteiger partial charge is 0.143 e. The lowest BCUT2D eigenvalue weighted by Crippen LogP contribution is -1.78. The van der Waals surface area contributed by atoms with Crippen molar-refractivity contribution < 1.29 is 4.42 Å². The zero-order chi connectivity index (χ0) is 17.5. The molecule has 0 saturated heterocycles. The number of rotatable bonds is 3. The summed E-state index contributed by atoms with van der Waals surface area (Å²) in [5.74, 6) is 0. The zero-order valence-electron chi connectivity index (χ0n) is 14.8. The lowest BCUT2D eigenvalue weighted by molar-refractivity contribution is 0.672. The lowest BCUT2D eigenvalue weighted by Gasteiger charge is -2.04. The van der Waals surface area contributed by atoms with Crippen LogP contribution in [0.4, 0.5) is 0 Å². The fourth-order valence-corrected chi connectivity index (χ4v) is 3.83. The highest BCUT2D eigenvalue weighted by Crippen LogP contribution is 2.36. The van der Waals surface area contributed by atoms with E-state index in [4.69, 9.17) is 4.42 Å². The van der Waals surface area contributed by atoms with Crippen molar-refractivity contribution in [2.45, 2.75) is 19.8 Å². The molecule has 0 bridgehead atoms. The van der Waals surface area contributed by atoms with E-state index in [9.17, 15) is 0 Å². The van der Waals surface area contributed by atoms with Crippen molar-refractivity contribution in [2.75, 3.05) is 0 Å². The molecule has 1 aromatic heterocycles. The van der Waals surface area contributed by atoms with Gasteiger partial charge in [-0.3, -0.25) is 0 Å². The molecule has 0 atom stereocenters. The van der Waals surface area contributed by atoms with E-state index >= 15 is 0 Å². The van der Waals surface area contributed by atoms with Gasteiger partial charge in [-0.2, -0.15) is 0 Å². The molecule has 0 aliphatic carbocycles. The van der Waals surface area contributed by atoms with Crippen LogP contribution in [0, 0.1) is 0 Å². The molecule has 0 aliphatic rings. The van der Waals surface area contributed by atoms with Gasteiger partial charge in [0.15, 0.2) is 0 Å². The summed E-state index contributed by atoms with van der Waals surface area (Å²) in [6.07, 6.45) is 6.69. The van der Waals surface area contributed by atoms with Gasteiger partial charge >= 0.3 is 0 Å². The van der Waals surface area contributed by atoms with Crippen LogP contribution in [0.2, 0.25) is 0 Å². The Morgan fingerprint density at radius 3 is 2.46 bits per heavy atom. The third-order valence-electron chi connectivity index (χ3n) is 5.15. The Hall–Kier alpha value is -3.06. The summed E-state index contributed by atoms with van der Waals surface area (Å²) < 4.78 is 6.33. The monoisotopic (exact) mass is 336 g/mol. The molecule has 0 spiro atoms. The first-order chi connectivity index (χ1) is 12.8. The summed E-state index contributed by atoms with van der Waals surface area (Å²) in [4.78, 5) is 0. The number of hydrogen-bond donors (Lipinski definition) is 0. The van der Waals surface area contributed by atoms with Crippen molar-refractivity contribution in [3.05, 3.63) is 78.4 Å². The van der Waals surface area contributed by atoms with Crippen LogP contribution in [0.3, 0.4) is 0 Å². The van der Waals surface area contributed by atoms with Gasteiger partial charge in [0.05, 0.1) is 0 Å². The molecule has 4 aromatic carbocycles. The molecule has 126 valence electrons. The number of furan rings is 1. The maximum atomic E-state index is 6.33. The van der Waals surface area contributed by atoms with Crippen LogP contribution in [-0.4, -0.2) is 0 Å². The second-order valence-corrected chi connectivity index (χ2v) is 6.87. The van der Waals surface area contributed by atoms with Crippen molar-refractivity contribution in [2.24, 2.45) is 0 Å². The number of fused-ring (bicyclic) bond motifs is 7. The van der Waals surface area contributed by atoms with E-state index in [0.29, 0.717) is 0 Å². The third kappa shape index (κ3) is 2.32. The largest absolute Gasteiger partial charge is 0.455 e. The predicted molar refractivity (Wildman–Crippen MR) is 113 cm³/mol. The number of benzene rings is 4. The van der Waals surface area contributed by atoms with Gasteiger partial charge in [0.1, 0.15) is 11.2 Å². The molecule has 5 rings (SSSR count). The van der Waals surface area contributed by atoms with Crippen molar-refractivity contribution in [1.29, 1.82) is 0 Å². The summed E-state index contributed by atoms with van der Waals surface area (Å²) in [6.45, 7) is 2.20. The fourth-order valence-electron chi connectivity index (χ4n) is 3.83. The Bertz CT molecular complexity index is 1290. The van der Waals surface area contributed by atoms with Gasteiger partial charge in [-0.15, -0.1) is 0 Å². The van der Waals surface area contributed by atoms with E-state index in [1.165, 1.54) is 44.3 Å². The molecular formula is C25H20O. The minimum atomic E-state index is 0.958. The highest BCUT2D eigenvalue weighted by molar-refractivity contribution is 6.20. The fraction of sp³-hybridized carbons (Fsp3) is 0.120. The summed E-state index contributed by atoms with van der Waals surface area (Å²) in [5.41, 5.74) is 3.14. The SMILES string of the molecule is CCC/C=C/c1ccc2c(c1)oc1c2ccc2c3ccccc3ccc21. The highest BCUT2D eigenvalue weighted by atomic mass is 16.3. The van der Waals surface area contributed by atoms with Crippen LogP contribution >= 0.6 is 0 Å². The number of hydrogen-bond acceptors (Lipinski definition) is 1. The quantitative estimate of drug-likeness (QED) is 0.308. The maximum Gasteiger partial charge on any atom is 0.143 e. The Kier molecular flexibility index (Phi) is 3.53. The first kappa shape index (κ1) is 15.2. The Morgan fingerprint density at radius 2 is 1.54 bits per heavy atom.